The predicted octanol–water partition coefficient (Wildman–Crippen LogP) is 1.34. The zero-order chi connectivity index (χ0) is 16.7. The van der Waals surface area contributed by atoms with E-state index >= 15 is 0 Å². The Hall–Kier alpha value is -0.770. The van der Waals surface area contributed by atoms with Crippen LogP contribution in [-0.2, 0) is 4.74 Å². The maximum absolute atomic E-state index is 11.5. The molecule has 1 unspecified atom stereocenters. The van der Waals surface area contributed by atoms with E-state index in [4.69, 9.17) is 4.74 Å². The van der Waals surface area contributed by atoms with Crippen LogP contribution in [0, 0.1) is 5.92 Å². The van der Waals surface area contributed by atoms with Gasteiger partial charge in [-0.25, -0.2) is 4.79 Å². The molecule has 0 aromatic rings. The number of methoxy groups -OCH3 is 1. The number of carbonyl (C=O) groups excluding carboxylic acids is 1. The molecule has 0 aromatic carbocycles. The number of piperidine rings is 2. The van der Waals surface area contributed by atoms with Crippen LogP contribution in [0.5, 0.6) is 0 Å². The Balaban J connectivity index is 0.00000288. The third-order valence-corrected chi connectivity index (χ3v) is 4.77. The van der Waals surface area contributed by atoms with E-state index in [9.17, 15) is 4.79 Å². The number of ether oxygens (including phenoxy) is 1. The summed E-state index contributed by atoms with van der Waals surface area (Å²) in [4.78, 5) is 20.0. The van der Waals surface area contributed by atoms with E-state index in [0.29, 0.717) is 12.0 Å². The summed E-state index contributed by atoms with van der Waals surface area (Å²) in [6.07, 6.45) is 4.17. The van der Waals surface area contributed by atoms with Crippen LogP contribution >= 0.6 is 24.0 Å². The second-order valence-corrected chi connectivity index (χ2v) is 6.60. The number of rotatable bonds is 3. The SMILES string of the molecule is CN=C(NCC1CCCN(C)C1)NC1CCN(C(=O)OC)CC1.I. The zero-order valence-corrected chi connectivity index (χ0v) is 17.4. The highest BCUT2D eigenvalue weighted by molar-refractivity contribution is 14.0. The lowest BCUT2D eigenvalue weighted by molar-refractivity contribution is 0.111. The molecule has 24 heavy (non-hydrogen) atoms. The number of hydrogen-bond donors (Lipinski definition) is 2. The Labute approximate surface area is 162 Å². The average Bonchev–Trinajstić information content (AvgIpc) is 2.58. The van der Waals surface area contributed by atoms with E-state index in [1.165, 1.54) is 26.5 Å². The molecule has 2 N–H and O–H groups in total. The Morgan fingerprint density at radius 3 is 2.54 bits per heavy atom. The van der Waals surface area contributed by atoms with Crippen molar-refractivity contribution in [3.63, 3.8) is 0 Å². The monoisotopic (exact) mass is 453 g/mol. The van der Waals surface area contributed by atoms with E-state index in [1.807, 2.05) is 7.05 Å². The zero-order valence-electron chi connectivity index (χ0n) is 15.1. The van der Waals surface area contributed by atoms with Crippen molar-refractivity contribution in [3.05, 3.63) is 0 Å². The molecule has 2 aliphatic heterocycles. The summed E-state index contributed by atoms with van der Waals surface area (Å²) < 4.78 is 4.77. The highest BCUT2D eigenvalue weighted by atomic mass is 127. The summed E-state index contributed by atoms with van der Waals surface area (Å²) in [6, 6.07) is 0.358. The molecule has 1 amide bonds. The molecule has 0 aliphatic carbocycles. The highest BCUT2D eigenvalue weighted by Gasteiger charge is 2.24. The predicted molar refractivity (Wildman–Crippen MR) is 107 cm³/mol. The minimum atomic E-state index is -0.229. The van der Waals surface area contributed by atoms with E-state index in [2.05, 4.69) is 27.6 Å². The second kappa shape index (κ2) is 11.0. The Morgan fingerprint density at radius 1 is 1.25 bits per heavy atom. The van der Waals surface area contributed by atoms with Crippen LogP contribution in [0.1, 0.15) is 25.7 Å². The quantitative estimate of drug-likeness (QED) is 0.384. The van der Waals surface area contributed by atoms with Crippen molar-refractivity contribution >= 4 is 36.0 Å². The fraction of sp³-hybridized carbons (Fsp3) is 0.875. The van der Waals surface area contributed by atoms with Crippen LogP contribution in [0.2, 0.25) is 0 Å². The minimum Gasteiger partial charge on any atom is -0.453 e. The number of aliphatic imine (C=N–C) groups is 1. The molecule has 7 nitrogen and oxygen atoms in total. The number of nitrogens with one attached hydrogen (secondary N) is 2. The summed E-state index contributed by atoms with van der Waals surface area (Å²) in [5.74, 6) is 1.56. The first-order valence-electron chi connectivity index (χ1n) is 8.61. The number of amides is 1. The lowest BCUT2D eigenvalue weighted by atomic mass is 9.98. The Bertz CT molecular complexity index is 413. The highest BCUT2D eigenvalue weighted by Crippen LogP contribution is 2.14. The van der Waals surface area contributed by atoms with Crippen LogP contribution in [0.25, 0.3) is 0 Å². The van der Waals surface area contributed by atoms with Gasteiger partial charge in [-0.15, -0.1) is 24.0 Å². The van der Waals surface area contributed by atoms with Gasteiger partial charge in [-0.3, -0.25) is 4.99 Å². The minimum absolute atomic E-state index is 0. The number of nitrogens with zero attached hydrogens (tertiary/aromatic N) is 3. The van der Waals surface area contributed by atoms with Crippen molar-refractivity contribution in [1.82, 2.24) is 20.4 Å². The maximum Gasteiger partial charge on any atom is 0.409 e. The molecular formula is C16H32IN5O2. The third kappa shape index (κ3) is 6.62. The summed E-state index contributed by atoms with van der Waals surface area (Å²) in [6.45, 7) is 4.79. The lowest BCUT2D eigenvalue weighted by Gasteiger charge is -2.33. The second-order valence-electron chi connectivity index (χ2n) is 6.60. The molecule has 8 heteroatoms. The Kier molecular flexibility index (Phi) is 9.72. The third-order valence-electron chi connectivity index (χ3n) is 4.77. The van der Waals surface area contributed by atoms with Crippen molar-refractivity contribution in [1.29, 1.82) is 0 Å². The van der Waals surface area contributed by atoms with Gasteiger partial charge in [0.1, 0.15) is 0 Å². The molecule has 2 heterocycles. The van der Waals surface area contributed by atoms with Gasteiger partial charge in [0.05, 0.1) is 7.11 Å². The maximum atomic E-state index is 11.5. The first-order chi connectivity index (χ1) is 11.1. The van der Waals surface area contributed by atoms with Crippen molar-refractivity contribution in [2.75, 3.05) is 53.9 Å². The summed E-state index contributed by atoms with van der Waals surface area (Å²) in [7, 11) is 5.43. The van der Waals surface area contributed by atoms with Crippen molar-refractivity contribution in [2.45, 2.75) is 31.7 Å². The number of halogens is 1. The van der Waals surface area contributed by atoms with Gasteiger partial charge in [-0.2, -0.15) is 0 Å². The molecular weight excluding hydrogens is 421 g/mol. The van der Waals surface area contributed by atoms with Gasteiger partial charge in [0.2, 0.25) is 0 Å². The van der Waals surface area contributed by atoms with Crippen LogP contribution in [0.3, 0.4) is 0 Å². The first kappa shape index (κ1) is 21.3. The van der Waals surface area contributed by atoms with E-state index in [-0.39, 0.29) is 30.1 Å². The van der Waals surface area contributed by atoms with Crippen molar-refractivity contribution in [3.8, 4) is 0 Å². The molecule has 2 rings (SSSR count). The molecule has 1 atom stereocenters. The summed E-state index contributed by atoms with van der Waals surface area (Å²) >= 11 is 0. The lowest BCUT2D eigenvalue weighted by Crippen LogP contribution is -2.51. The summed E-state index contributed by atoms with van der Waals surface area (Å²) in [5, 5.41) is 6.94. The standard InChI is InChI=1S/C16H31N5O2.HI/c1-17-15(18-11-13-5-4-8-20(2)12-13)19-14-6-9-21(10-7-14)16(22)23-3;/h13-14H,4-12H2,1-3H3,(H2,17,18,19);1H. The van der Waals surface area contributed by atoms with Crippen LogP contribution in [0.15, 0.2) is 4.99 Å². The van der Waals surface area contributed by atoms with Gasteiger partial charge in [0.25, 0.3) is 0 Å². The van der Waals surface area contributed by atoms with Gasteiger partial charge >= 0.3 is 6.09 Å². The fourth-order valence-corrected chi connectivity index (χ4v) is 3.40. The first-order valence-corrected chi connectivity index (χ1v) is 8.61. The Morgan fingerprint density at radius 2 is 1.96 bits per heavy atom. The number of guanidine groups is 1. The van der Waals surface area contributed by atoms with E-state index < -0.39 is 0 Å². The topological polar surface area (TPSA) is 69.2 Å². The average molecular weight is 453 g/mol. The molecule has 0 radical (unpaired) electrons. The fourth-order valence-electron chi connectivity index (χ4n) is 3.40. The van der Waals surface area contributed by atoms with Gasteiger partial charge in [0, 0.05) is 39.3 Å². The molecule has 2 saturated heterocycles. The van der Waals surface area contributed by atoms with Gasteiger partial charge in [0.15, 0.2) is 5.96 Å². The molecule has 0 spiro atoms. The van der Waals surface area contributed by atoms with Crippen molar-refractivity contribution < 1.29 is 9.53 Å². The van der Waals surface area contributed by atoms with Gasteiger partial charge in [-0.05, 0) is 45.2 Å². The molecule has 0 bridgehead atoms. The number of hydrogen-bond acceptors (Lipinski definition) is 4. The van der Waals surface area contributed by atoms with Gasteiger partial charge in [-0.1, -0.05) is 0 Å². The molecule has 0 aromatic heterocycles. The smallest absolute Gasteiger partial charge is 0.409 e. The number of carbonyl (C=O) groups is 1. The molecule has 0 saturated carbocycles. The van der Waals surface area contributed by atoms with E-state index in [0.717, 1.165) is 45.0 Å². The largest absolute Gasteiger partial charge is 0.453 e. The normalized spacial score (nSPS) is 23.4. The number of likely N-dealkylation sites (tertiary alicyclic amines) is 2. The summed E-state index contributed by atoms with van der Waals surface area (Å²) in [5.41, 5.74) is 0. The van der Waals surface area contributed by atoms with E-state index in [1.54, 1.807) is 4.90 Å². The molecule has 140 valence electrons. The van der Waals surface area contributed by atoms with Crippen LogP contribution in [-0.4, -0.2) is 81.8 Å². The molecule has 2 fully saturated rings. The van der Waals surface area contributed by atoms with Crippen LogP contribution < -0.4 is 10.6 Å². The molecule has 2 aliphatic rings. The van der Waals surface area contributed by atoms with Gasteiger partial charge < -0.3 is 25.2 Å². The van der Waals surface area contributed by atoms with Crippen LogP contribution in [0.4, 0.5) is 4.79 Å². The van der Waals surface area contributed by atoms with Crippen molar-refractivity contribution in [2.24, 2.45) is 10.9 Å².